The number of carbonyl (C=O) groups is 2. The van der Waals surface area contributed by atoms with Gasteiger partial charge in [-0.3, -0.25) is 0 Å². The minimum atomic E-state index is -1.10. The SMILES string of the molecule is CCOC(=O)c1ncoc1COCC(=O)O. The van der Waals surface area contributed by atoms with E-state index in [1.807, 2.05) is 0 Å². The van der Waals surface area contributed by atoms with Gasteiger partial charge in [0, 0.05) is 0 Å². The summed E-state index contributed by atoms with van der Waals surface area (Å²) in [4.78, 5) is 25.2. The van der Waals surface area contributed by atoms with Crippen LogP contribution in [0.4, 0.5) is 0 Å². The fraction of sp³-hybridized carbons (Fsp3) is 0.444. The minimum absolute atomic E-state index is 0.00670. The van der Waals surface area contributed by atoms with E-state index in [4.69, 9.17) is 19.0 Å². The molecule has 0 amide bonds. The van der Waals surface area contributed by atoms with Crippen molar-refractivity contribution in [3.05, 3.63) is 17.8 Å². The molecule has 0 fully saturated rings. The third-order valence-electron chi connectivity index (χ3n) is 1.57. The van der Waals surface area contributed by atoms with Crippen LogP contribution in [0, 0.1) is 0 Å². The maximum atomic E-state index is 11.3. The van der Waals surface area contributed by atoms with Gasteiger partial charge in [0.15, 0.2) is 17.8 Å². The van der Waals surface area contributed by atoms with Gasteiger partial charge in [-0.25, -0.2) is 14.6 Å². The molecule has 0 bridgehead atoms. The predicted octanol–water partition coefficient (Wildman–Crippen LogP) is 0.453. The Morgan fingerprint density at radius 3 is 2.94 bits per heavy atom. The van der Waals surface area contributed by atoms with E-state index in [-0.39, 0.29) is 24.7 Å². The van der Waals surface area contributed by atoms with Crippen molar-refractivity contribution in [1.29, 1.82) is 0 Å². The standard InChI is InChI=1S/C9H11NO6/c1-2-15-9(13)8-6(16-5-10-8)3-14-4-7(11)12/h5H,2-4H2,1H3,(H,11,12). The minimum Gasteiger partial charge on any atom is -0.480 e. The number of aliphatic carboxylic acids is 1. The van der Waals surface area contributed by atoms with Crippen molar-refractivity contribution in [1.82, 2.24) is 4.98 Å². The van der Waals surface area contributed by atoms with Crippen LogP contribution in [0.5, 0.6) is 0 Å². The van der Waals surface area contributed by atoms with Crippen LogP contribution >= 0.6 is 0 Å². The van der Waals surface area contributed by atoms with Gasteiger partial charge in [0.2, 0.25) is 0 Å². The Morgan fingerprint density at radius 2 is 2.31 bits per heavy atom. The van der Waals surface area contributed by atoms with Crippen LogP contribution in [0.2, 0.25) is 0 Å². The molecule has 0 saturated heterocycles. The van der Waals surface area contributed by atoms with Gasteiger partial charge in [0.1, 0.15) is 13.2 Å². The zero-order chi connectivity index (χ0) is 12.0. The Kier molecular flexibility index (Phi) is 4.46. The molecule has 1 aromatic heterocycles. The van der Waals surface area contributed by atoms with Crippen LogP contribution in [0.25, 0.3) is 0 Å². The zero-order valence-corrected chi connectivity index (χ0v) is 8.63. The first-order valence-electron chi connectivity index (χ1n) is 4.54. The number of aromatic nitrogens is 1. The summed E-state index contributed by atoms with van der Waals surface area (Å²) in [5.74, 6) is -1.57. The highest BCUT2D eigenvalue weighted by Crippen LogP contribution is 2.09. The normalized spacial score (nSPS) is 10.1. The van der Waals surface area contributed by atoms with Crippen LogP contribution in [0.3, 0.4) is 0 Å². The van der Waals surface area contributed by atoms with Crippen LogP contribution < -0.4 is 0 Å². The number of hydrogen-bond donors (Lipinski definition) is 1. The molecule has 88 valence electrons. The zero-order valence-electron chi connectivity index (χ0n) is 8.63. The quantitative estimate of drug-likeness (QED) is 0.707. The Hall–Kier alpha value is -1.89. The molecule has 0 saturated carbocycles. The first-order valence-corrected chi connectivity index (χ1v) is 4.54. The van der Waals surface area contributed by atoms with Gasteiger partial charge in [-0.2, -0.15) is 0 Å². The van der Waals surface area contributed by atoms with Crippen LogP contribution in [-0.4, -0.2) is 35.2 Å². The van der Waals surface area contributed by atoms with Crippen molar-refractivity contribution in [2.24, 2.45) is 0 Å². The molecule has 0 spiro atoms. The number of carboxylic acids is 1. The number of ether oxygens (including phenoxy) is 2. The number of carbonyl (C=O) groups excluding carboxylic acids is 1. The molecule has 1 N–H and O–H groups in total. The van der Waals surface area contributed by atoms with Gasteiger partial charge in [-0.15, -0.1) is 0 Å². The number of carboxylic acid groups (broad SMARTS) is 1. The fourth-order valence-electron chi connectivity index (χ4n) is 0.970. The first kappa shape index (κ1) is 12.2. The predicted molar refractivity (Wildman–Crippen MR) is 49.8 cm³/mol. The molecule has 0 aliphatic heterocycles. The van der Waals surface area contributed by atoms with Gasteiger partial charge < -0.3 is 19.0 Å². The van der Waals surface area contributed by atoms with E-state index in [1.165, 1.54) is 0 Å². The summed E-state index contributed by atoms with van der Waals surface area (Å²) in [6, 6.07) is 0. The summed E-state index contributed by atoms with van der Waals surface area (Å²) in [6.45, 7) is 1.28. The third-order valence-corrected chi connectivity index (χ3v) is 1.57. The lowest BCUT2D eigenvalue weighted by Gasteiger charge is -2.01. The number of oxazole rings is 1. The molecule has 16 heavy (non-hydrogen) atoms. The van der Waals surface area contributed by atoms with E-state index < -0.39 is 18.5 Å². The Labute approximate surface area is 91.0 Å². The molecular formula is C9H11NO6. The lowest BCUT2D eigenvalue weighted by molar-refractivity contribution is -0.142. The Bertz CT molecular complexity index is 372. The number of rotatable bonds is 6. The van der Waals surface area contributed by atoms with Gasteiger partial charge >= 0.3 is 11.9 Å². The summed E-state index contributed by atoms with van der Waals surface area (Å²) in [7, 11) is 0. The highest BCUT2D eigenvalue weighted by molar-refractivity contribution is 5.88. The second-order valence-corrected chi connectivity index (χ2v) is 2.73. The molecule has 1 heterocycles. The lowest BCUT2D eigenvalue weighted by atomic mass is 10.3. The average Bonchev–Trinajstić information content (AvgIpc) is 2.66. The van der Waals surface area contributed by atoms with E-state index in [0.717, 1.165) is 6.39 Å². The second kappa shape index (κ2) is 5.86. The average molecular weight is 229 g/mol. The maximum absolute atomic E-state index is 11.3. The number of esters is 1. The summed E-state index contributed by atoms with van der Waals surface area (Å²) in [5, 5.41) is 8.34. The molecule has 0 aliphatic rings. The van der Waals surface area contributed by atoms with Gasteiger partial charge in [-0.05, 0) is 6.92 Å². The Balaban J connectivity index is 2.56. The fourth-order valence-corrected chi connectivity index (χ4v) is 0.970. The highest BCUT2D eigenvalue weighted by atomic mass is 16.5. The molecule has 7 nitrogen and oxygen atoms in total. The molecule has 0 aromatic carbocycles. The van der Waals surface area contributed by atoms with Crippen LogP contribution in [0.15, 0.2) is 10.8 Å². The summed E-state index contributed by atoms with van der Waals surface area (Å²) in [5.41, 5.74) is 0.00670. The molecule has 0 radical (unpaired) electrons. The van der Waals surface area contributed by atoms with Gasteiger partial charge in [0.05, 0.1) is 6.61 Å². The molecule has 0 atom stereocenters. The lowest BCUT2D eigenvalue weighted by Crippen LogP contribution is -2.10. The van der Waals surface area contributed by atoms with Gasteiger partial charge in [-0.1, -0.05) is 0 Å². The van der Waals surface area contributed by atoms with Crippen molar-refractivity contribution < 1.29 is 28.6 Å². The van der Waals surface area contributed by atoms with E-state index in [1.54, 1.807) is 6.92 Å². The van der Waals surface area contributed by atoms with E-state index in [2.05, 4.69) is 4.98 Å². The number of nitrogens with zero attached hydrogens (tertiary/aromatic N) is 1. The highest BCUT2D eigenvalue weighted by Gasteiger charge is 2.17. The van der Waals surface area contributed by atoms with E-state index in [0.29, 0.717) is 0 Å². The van der Waals surface area contributed by atoms with Crippen molar-refractivity contribution in [3.8, 4) is 0 Å². The molecule has 0 aliphatic carbocycles. The number of hydrogen-bond acceptors (Lipinski definition) is 6. The Morgan fingerprint density at radius 1 is 1.56 bits per heavy atom. The molecule has 1 rings (SSSR count). The first-order chi connectivity index (χ1) is 7.65. The maximum Gasteiger partial charge on any atom is 0.360 e. The molecule has 7 heteroatoms. The van der Waals surface area contributed by atoms with Crippen LogP contribution in [0.1, 0.15) is 23.2 Å². The van der Waals surface area contributed by atoms with Crippen molar-refractivity contribution in [2.45, 2.75) is 13.5 Å². The molecule has 0 unspecified atom stereocenters. The summed E-state index contributed by atoms with van der Waals surface area (Å²) < 4.78 is 14.4. The van der Waals surface area contributed by atoms with E-state index >= 15 is 0 Å². The van der Waals surface area contributed by atoms with Crippen molar-refractivity contribution in [3.63, 3.8) is 0 Å². The smallest absolute Gasteiger partial charge is 0.360 e. The molecular weight excluding hydrogens is 218 g/mol. The largest absolute Gasteiger partial charge is 0.480 e. The van der Waals surface area contributed by atoms with E-state index in [9.17, 15) is 9.59 Å². The summed E-state index contributed by atoms with van der Waals surface area (Å²) >= 11 is 0. The molecule has 1 aromatic rings. The third kappa shape index (κ3) is 3.35. The monoisotopic (exact) mass is 229 g/mol. The topological polar surface area (TPSA) is 98.9 Å². The van der Waals surface area contributed by atoms with Crippen LogP contribution in [-0.2, 0) is 20.9 Å². The van der Waals surface area contributed by atoms with Crippen molar-refractivity contribution in [2.75, 3.05) is 13.2 Å². The van der Waals surface area contributed by atoms with Gasteiger partial charge in [0.25, 0.3) is 0 Å². The summed E-state index contributed by atoms with van der Waals surface area (Å²) in [6.07, 6.45) is 1.08. The van der Waals surface area contributed by atoms with Crippen molar-refractivity contribution >= 4 is 11.9 Å². The second-order valence-electron chi connectivity index (χ2n) is 2.73.